The maximum atomic E-state index is 12.2. The summed E-state index contributed by atoms with van der Waals surface area (Å²) in [4.78, 5) is 16.8. The van der Waals surface area contributed by atoms with Crippen molar-refractivity contribution >= 4 is 12.0 Å². The Balaban J connectivity index is 1.52. The van der Waals surface area contributed by atoms with Crippen molar-refractivity contribution in [3.8, 4) is 22.5 Å². The first-order valence-corrected chi connectivity index (χ1v) is 9.98. The van der Waals surface area contributed by atoms with Crippen molar-refractivity contribution < 1.29 is 4.79 Å². The number of rotatable bonds is 5. The van der Waals surface area contributed by atoms with Gasteiger partial charge in [0.2, 0.25) is 0 Å². The lowest BCUT2D eigenvalue weighted by Crippen LogP contribution is -2.45. The van der Waals surface area contributed by atoms with E-state index in [9.17, 15) is 4.79 Å². The molecule has 0 radical (unpaired) electrons. The lowest BCUT2D eigenvalue weighted by atomic mass is 9.96. The molecule has 1 fully saturated rings. The monoisotopic (exact) mass is 388 g/mol. The van der Waals surface area contributed by atoms with Crippen molar-refractivity contribution in [3.63, 3.8) is 0 Å². The van der Waals surface area contributed by atoms with Gasteiger partial charge >= 0.3 is 6.03 Å². The topological polar surface area (TPSA) is 91.8 Å². The summed E-state index contributed by atoms with van der Waals surface area (Å²) in [6.45, 7) is 0. The molecule has 1 heterocycles. The van der Waals surface area contributed by atoms with Gasteiger partial charge in [-0.3, -0.25) is 5.43 Å². The number of aromatic nitrogens is 3. The largest absolute Gasteiger partial charge is 0.334 e. The van der Waals surface area contributed by atoms with Gasteiger partial charge in [0.15, 0.2) is 0 Å². The summed E-state index contributed by atoms with van der Waals surface area (Å²) in [6, 6.07) is 19.6. The molecule has 1 saturated carbocycles. The van der Waals surface area contributed by atoms with Gasteiger partial charge in [-0.1, -0.05) is 79.9 Å². The number of hydrogen-bond donors (Lipinski definition) is 3. The van der Waals surface area contributed by atoms with Crippen LogP contribution in [-0.2, 0) is 0 Å². The molecule has 0 atom stereocenters. The number of nitrogens with one attached hydrogen (secondary N) is 3. The third-order valence-corrected chi connectivity index (χ3v) is 5.01. The van der Waals surface area contributed by atoms with Crippen molar-refractivity contribution in [2.45, 2.75) is 38.1 Å². The molecule has 0 saturated heterocycles. The molecule has 0 unspecified atom stereocenters. The molecule has 0 bridgehead atoms. The van der Waals surface area contributed by atoms with Gasteiger partial charge < -0.3 is 5.32 Å². The predicted octanol–water partition coefficient (Wildman–Crippen LogP) is 4.16. The van der Waals surface area contributed by atoms with Crippen LogP contribution in [-0.4, -0.2) is 27.3 Å². The van der Waals surface area contributed by atoms with E-state index in [1.807, 2.05) is 60.7 Å². The van der Waals surface area contributed by atoms with E-state index in [4.69, 9.17) is 0 Å². The fourth-order valence-corrected chi connectivity index (χ4v) is 3.55. The molecule has 1 aliphatic carbocycles. The molecule has 0 spiro atoms. The third-order valence-electron chi connectivity index (χ3n) is 5.01. The molecule has 7 nitrogen and oxygen atoms in total. The quantitative estimate of drug-likeness (QED) is 0.571. The van der Waals surface area contributed by atoms with Crippen molar-refractivity contribution in [2.24, 2.45) is 0 Å². The van der Waals surface area contributed by atoms with Gasteiger partial charge in [0, 0.05) is 17.2 Å². The predicted molar refractivity (Wildman–Crippen MR) is 113 cm³/mol. The second-order valence-electron chi connectivity index (χ2n) is 7.12. The highest BCUT2D eigenvalue weighted by molar-refractivity contribution is 5.78. The van der Waals surface area contributed by atoms with E-state index in [0.29, 0.717) is 11.4 Å². The minimum absolute atomic E-state index is 0.227. The summed E-state index contributed by atoms with van der Waals surface area (Å²) in [7, 11) is 0. The van der Waals surface area contributed by atoms with Gasteiger partial charge in [-0.2, -0.15) is 0 Å². The number of urea groups is 1. The van der Waals surface area contributed by atoms with Crippen LogP contribution in [0, 0.1) is 0 Å². The minimum Gasteiger partial charge on any atom is -0.334 e. The molecular weight excluding hydrogens is 364 g/mol. The fourth-order valence-electron chi connectivity index (χ4n) is 3.55. The van der Waals surface area contributed by atoms with Crippen molar-refractivity contribution in [2.75, 3.05) is 5.43 Å². The van der Waals surface area contributed by atoms with E-state index in [1.54, 1.807) is 0 Å². The lowest BCUT2D eigenvalue weighted by Gasteiger charge is -2.22. The summed E-state index contributed by atoms with van der Waals surface area (Å²) >= 11 is 0. The Labute approximate surface area is 170 Å². The normalized spacial score (nSPS) is 14.2. The second kappa shape index (κ2) is 9.14. The Morgan fingerprint density at radius 2 is 1.41 bits per heavy atom. The molecule has 2 aromatic carbocycles. The van der Waals surface area contributed by atoms with Crippen LogP contribution in [0.2, 0.25) is 0 Å². The highest BCUT2D eigenvalue weighted by Gasteiger charge is 2.16. The standard InChI is InChI=1S/C22H24N6O/c29-22(23-18-14-8-3-9-15-18)28-27-21-24-19(16-10-4-1-5-11-16)20(25-26-21)17-12-6-2-7-13-17/h1-2,4-7,10-13,18H,3,8-9,14-15H2,(H2,23,28,29)(H,24,26,27). The van der Waals surface area contributed by atoms with E-state index in [-0.39, 0.29) is 18.0 Å². The molecule has 1 aliphatic rings. The number of amides is 2. The summed E-state index contributed by atoms with van der Waals surface area (Å²) in [5, 5.41) is 11.5. The van der Waals surface area contributed by atoms with Crippen LogP contribution in [0.5, 0.6) is 0 Å². The average Bonchev–Trinajstić information content (AvgIpc) is 2.79. The second-order valence-corrected chi connectivity index (χ2v) is 7.12. The number of carbonyl (C=O) groups excluding carboxylic acids is 1. The molecule has 29 heavy (non-hydrogen) atoms. The number of benzene rings is 2. The van der Waals surface area contributed by atoms with Crippen LogP contribution in [0.1, 0.15) is 32.1 Å². The molecule has 3 N–H and O–H groups in total. The zero-order valence-electron chi connectivity index (χ0n) is 16.1. The van der Waals surface area contributed by atoms with Gasteiger partial charge in [-0.25, -0.2) is 15.2 Å². The van der Waals surface area contributed by atoms with E-state index >= 15 is 0 Å². The first kappa shape index (κ1) is 18.9. The van der Waals surface area contributed by atoms with Crippen LogP contribution in [0.3, 0.4) is 0 Å². The van der Waals surface area contributed by atoms with E-state index in [1.165, 1.54) is 6.42 Å². The highest BCUT2D eigenvalue weighted by atomic mass is 16.2. The van der Waals surface area contributed by atoms with Gasteiger partial charge in [-0.05, 0) is 12.8 Å². The van der Waals surface area contributed by atoms with Crippen LogP contribution >= 0.6 is 0 Å². The van der Waals surface area contributed by atoms with Crippen molar-refractivity contribution in [3.05, 3.63) is 60.7 Å². The zero-order valence-corrected chi connectivity index (χ0v) is 16.1. The van der Waals surface area contributed by atoms with Gasteiger partial charge in [0.05, 0.1) is 0 Å². The Bertz CT molecular complexity index is 942. The first-order valence-electron chi connectivity index (χ1n) is 9.98. The van der Waals surface area contributed by atoms with Gasteiger partial charge in [-0.15, -0.1) is 10.2 Å². The summed E-state index contributed by atoms with van der Waals surface area (Å²) in [5.74, 6) is 0.238. The minimum atomic E-state index is -0.283. The van der Waals surface area contributed by atoms with Gasteiger partial charge in [0.25, 0.3) is 5.95 Å². The maximum Gasteiger partial charge on any atom is 0.333 e. The summed E-state index contributed by atoms with van der Waals surface area (Å²) in [6.07, 6.45) is 5.61. The highest BCUT2D eigenvalue weighted by Crippen LogP contribution is 2.28. The third kappa shape index (κ3) is 4.87. The van der Waals surface area contributed by atoms with Crippen molar-refractivity contribution in [1.29, 1.82) is 0 Å². The van der Waals surface area contributed by atoms with Crippen LogP contribution in [0.4, 0.5) is 10.7 Å². The van der Waals surface area contributed by atoms with E-state index in [0.717, 1.165) is 36.8 Å². The van der Waals surface area contributed by atoms with Gasteiger partial charge in [0.1, 0.15) is 11.4 Å². The zero-order chi connectivity index (χ0) is 19.9. The Morgan fingerprint density at radius 1 is 0.793 bits per heavy atom. The molecule has 1 aromatic heterocycles. The molecule has 0 aliphatic heterocycles. The first-order chi connectivity index (χ1) is 14.3. The molecule has 3 aromatic rings. The van der Waals surface area contributed by atoms with Crippen molar-refractivity contribution in [1.82, 2.24) is 25.9 Å². The molecular formula is C22H24N6O. The smallest absolute Gasteiger partial charge is 0.333 e. The molecule has 4 rings (SSSR count). The molecule has 2 amide bonds. The fraction of sp³-hybridized carbons (Fsp3) is 0.273. The van der Waals surface area contributed by atoms with E-state index < -0.39 is 0 Å². The molecule has 7 heteroatoms. The SMILES string of the molecule is O=C(NNc1nnc(-c2ccccc2)c(-c2ccccc2)n1)NC1CCCCC1. The van der Waals surface area contributed by atoms with Crippen LogP contribution in [0.15, 0.2) is 60.7 Å². The number of hydrogen-bond acceptors (Lipinski definition) is 5. The number of carbonyl (C=O) groups is 1. The number of anilines is 1. The maximum absolute atomic E-state index is 12.2. The Morgan fingerprint density at radius 3 is 2.07 bits per heavy atom. The lowest BCUT2D eigenvalue weighted by molar-refractivity contribution is 0.234. The van der Waals surface area contributed by atoms with Crippen LogP contribution < -0.4 is 16.2 Å². The Hall–Kier alpha value is -3.48. The van der Waals surface area contributed by atoms with E-state index in [2.05, 4.69) is 31.3 Å². The summed E-state index contributed by atoms with van der Waals surface area (Å²) in [5.41, 5.74) is 8.64. The average molecular weight is 388 g/mol. The summed E-state index contributed by atoms with van der Waals surface area (Å²) < 4.78 is 0. The molecule has 148 valence electrons. The van der Waals surface area contributed by atoms with Crippen LogP contribution in [0.25, 0.3) is 22.5 Å². The number of hydrazine groups is 1. The number of nitrogens with zero attached hydrogens (tertiary/aromatic N) is 3. The Kier molecular flexibility index (Phi) is 5.95.